The van der Waals surface area contributed by atoms with Crippen molar-refractivity contribution in [2.24, 2.45) is 5.14 Å². The zero-order valence-electron chi connectivity index (χ0n) is 12.8. The van der Waals surface area contributed by atoms with E-state index in [9.17, 15) is 13.2 Å². The predicted molar refractivity (Wildman–Crippen MR) is 96.2 cm³/mol. The summed E-state index contributed by atoms with van der Waals surface area (Å²) in [6, 6.07) is 8.27. The molecule has 0 aliphatic heterocycles. The summed E-state index contributed by atoms with van der Waals surface area (Å²) in [6.45, 7) is 2.64. The van der Waals surface area contributed by atoms with E-state index in [4.69, 9.17) is 5.14 Å². The van der Waals surface area contributed by atoms with Crippen molar-refractivity contribution < 1.29 is 13.2 Å². The van der Waals surface area contributed by atoms with Crippen LogP contribution >= 0.6 is 23.1 Å². The highest BCUT2D eigenvalue weighted by atomic mass is 32.2. The molecule has 2 aromatic heterocycles. The van der Waals surface area contributed by atoms with E-state index in [1.165, 1.54) is 35.2 Å². The number of carbonyl (C=O) groups excluding carboxylic acids is 1. The minimum atomic E-state index is -3.77. The second-order valence-electron chi connectivity index (χ2n) is 5.02. The summed E-state index contributed by atoms with van der Waals surface area (Å²) in [6.07, 6.45) is 0. The Labute approximate surface area is 147 Å². The molecule has 24 heavy (non-hydrogen) atoms. The monoisotopic (exact) mass is 381 g/mol. The number of hydrogen-bond donors (Lipinski definition) is 1. The Morgan fingerprint density at radius 2 is 2.17 bits per heavy atom. The lowest BCUT2D eigenvalue weighted by molar-refractivity contribution is 0.102. The number of thiophene rings is 1. The van der Waals surface area contributed by atoms with Crippen molar-refractivity contribution in [1.29, 1.82) is 0 Å². The van der Waals surface area contributed by atoms with Gasteiger partial charge in [-0.3, -0.25) is 4.79 Å². The molecule has 0 spiro atoms. The van der Waals surface area contributed by atoms with Crippen LogP contribution in [0.1, 0.15) is 16.6 Å². The number of nitrogens with zero attached hydrogens (tertiary/aromatic N) is 2. The molecule has 6 nitrogen and oxygen atoms in total. The molecule has 0 radical (unpaired) electrons. The highest BCUT2D eigenvalue weighted by Crippen LogP contribution is 2.26. The SMILES string of the molecule is CCn1c(SCC(=O)c2cccs2)nc2cc(S(N)(=O)=O)ccc21. The number of hydrogen-bond acceptors (Lipinski definition) is 6. The molecule has 9 heteroatoms. The topological polar surface area (TPSA) is 95.0 Å². The molecule has 0 aliphatic rings. The van der Waals surface area contributed by atoms with Gasteiger partial charge < -0.3 is 4.57 Å². The zero-order chi connectivity index (χ0) is 17.3. The lowest BCUT2D eigenvalue weighted by Crippen LogP contribution is -2.11. The van der Waals surface area contributed by atoms with Gasteiger partial charge in [0.15, 0.2) is 10.9 Å². The summed E-state index contributed by atoms with van der Waals surface area (Å²) >= 11 is 2.76. The zero-order valence-corrected chi connectivity index (χ0v) is 15.2. The first-order valence-electron chi connectivity index (χ1n) is 7.12. The first-order chi connectivity index (χ1) is 11.4. The smallest absolute Gasteiger partial charge is 0.238 e. The van der Waals surface area contributed by atoms with E-state index < -0.39 is 10.0 Å². The van der Waals surface area contributed by atoms with Crippen LogP contribution in [0.2, 0.25) is 0 Å². The van der Waals surface area contributed by atoms with E-state index in [0.717, 1.165) is 10.4 Å². The van der Waals surface area contributed by atoms with E-state index in [1.54, 1.807) is 12.1 Å². The first kappa shape index (κ1) is 17.2. The maximum absolute atomic E-state index is 12.1. The normalized spacial score (nSPS) is 11.9. The van der Waals surface area contributed by atoms with Crippen LogP contribution in [0, 0.1) is 0 Å². The number of imidazole rings is 1. The number of aryl methyl sites for hydroxylation is 1. The number of primary sulfonamides is 1. The predicted octanol–water partition coefficient (Wildman–Crippen LogP) is 2.74. The number of thioether (sulfide) groups is 1. The maximum Gasteiger partial charge on any atom is 0.238 e. The van der Waals surface area contributed by atoms with Crippen LogP contribution in [0.5, 0.6) is 0 Å². The van der Waals surface area contributed by atoms with Gasteiger partial charge in [0.2, 0.25) is 10.0 Å². The van der Waals surface area contributed by atoms with Gasteiger partial charge in [0.05, 0.1) is 26.6 Å². The van der Waals surface area contributed by atoms with Crippen LogP contribution in [-0.2, 0) is 16.6 Å². The molecule has 3 rings (SSSR count). The number of aromatic nitrogens is 2. The fourth-order valence-corrected chi connectivity index (χ4v) is 4.57. The minimum absolute atomic E-state index is 0.0296. The van der Waals surface area contributed by atoms with Crippen molar-refractivity contribution in [3.63, 3.8) is 0 Å². The molecule has 0 aliphatic carbocycles. The van der Waals surface area contributed by atoms with Gasteiger partial charge in [-0.05, 0) is 36.6 Å². The van der Waals surface area contributed by atoms with Crippen molar-refractivity contribution >= 4 is 49.9 Å². The average molecular weight is 382 g/mol. The van der Waals surface area contributed by atoms with Crippen LogP contribution in [-0.4, -0.2) is 29.5 Å². The summed E-state index contributed by atoms with van der Waals surface area (Å²) in [7, 11) is -3.77. The summed E-state index contributed by atoms with van der Waals surface area (Å²) in [5, 5.41) is 7.72. The van der Waals surface area contributed by atoms with Gasteiger partial charge in [-0.25, -0.2) is 18.5 Å². The molecule has 1 aromatic carbocycles. The van der Waals surface area contributed by atoms with E-state index >= 15 is 0 Å². The second kappa shape index (κ2) is 6.67. The third-order valence-electron chi connectivity index (χ3n) is 3.46. The first-order valence-corrected chi connectivity index (χ1v) is 10.5. The maximum atomic E-state index is 12.1. The molecule has 0 bridgehead atoms. The van der Waals surface area contributed by atoms with Gasteiger partial charge in [0.25, 0.3) is 0 Å². The van der Waals surface area contributed by atoms with Gasteiger partial charge in [0, 0.05) is 6.54 Å². The number of sulfonamides is 1. The second-order valence-corrected chi connectivity index (χ2v) is 8.47. The van der Waals surface area contributed by atoms with Gasteiger partial charge in [-0.2, -0.15) is 0 Å². The molecular formula is C15H15N3O3S3. The van der Waals surface area contributed by atoms with Crippen LogP contribution in [0.3, 0.4) is 0 Å². The average Bonchev–Trinajstić information content (AvgIpc) is 3.18. The van der Waals surface area contributed by atoms with E-state index in [0.29, 0.717) is 17.2 Å². The van der Waals surface area contributed by atoms with Crippen molar-refractivity contribution in [3.05, 3.63) is 40.6 Å². The summed E-state index contributed by atoms with van der Waals surface area (Å²) in [5.74, 6) is 0.334. The molecule has 0 fully saturated rings. The number of carbonyl (C=O) groups is 1. The molecule has 0 saturated carbocycles. The molecule has 126 valence electrons. The lowest BCUT2D eigenvalue weighted by Gasteiger charge is -2.05. The molecule has 0 atom stereocenters. The summed E-state index contributed by atoms with van der Waals surface area (Å²) < 4.78 is 24.9. The molecule has 3 aromatic rings. The number of ketones is 1. The van der Waals surface area contributed by atoms with Gasteiger partial charge in [-0.1, -0.05) is 17.8 Å². The quantitative estimate of drug-likeness (QED) is 0.523. The number of Topliss-reactive ketones (excluding diaryl/α,β-unsaturated/α-hetero) is 1. The molecular weight excluding hydrogens is 366 g/mol. The van der Waals surface area contributed by atoms with Crippen molar-refractivity contribution in [3.8, 4) is 0 Å². The third-order valence-corrected chi connectivity index (χ3v) is 6.26. The number of rotatable bonds is 6. The highest BCUT2D eigenvalue weighted by molar-refractivity contribution is 7.99. The molecule has 2 N–H and O–H groups in total. The summed E-state index contributed by atoms with van der Waals surface area (Å²) in [4.78, 5) is 17.4. The third kappa shape index (κ3) is 3.39. The van der Waals surface area contributed by atoms with Crippen molar-refractivity contribution in [2.75, 3.05) is 5.75 Å². The Balaban J connectivity index is 1.91. The molecule has 0 unspecified atom stereocenters. The van der Waals surface area contributed by atoms with Gasteiger partial charge >= 0.3 is 0 Å². The fraction of sp³-hybridized carbons (Fsp3) is 0.200. The molecule has 0 amide bonds. The Morgan fingerprint density at radius 3 is 2.79 bits per heavy atom. The van der Waals surface area contributed by atoms with E-state index in [2.05, 4.69) is 4.98 Å². The summed E-state index contributed by atoms with van der Waals surface area (Å²) in [5.41, 5.74) is 1.37. The van der Waals surface area contributed by atoms with Crippen molar-refractivity contribution in [1.82, 2.24) is 9.55 Å². The fourth-order valence-electron chi connectivity index (χ4n) is 2.32. The Kier molecular flexibility index (Phi) is 4.77. The molecule has 2 heterocycles. The number of fused-ring (bicyclic) bond motifs is 1. The lowest BCUT2D eigenvalue weighted by atomic mass is 10.3. The van der Waals surface area contributed by atoms with Crippen molar-refractivity contribution in [2.45, 2.75) is 23.5 Å². The van der Waals surface area contributed by atoms with Crippen LogP contribution < -0.4 is 5.14 Å². The van der Waals surface area contributed by atoms with Gasteiger partial charge in [-0.15, -0.1) is 11.3 Å². The number of benzene rings is 1. The van der Waals surface area contributed by atoms with Crippen LogP contribution in [0.15, 0.2) is 45.8 Å². The Morgan fingerprint density at radius 1 is 1.38 bits per heavy atom. The van der Waals surface area contributed by atoms with E-state index in [-0.39, 0.29) is 16.4 Å². The van der Waals surface area contributed by atoms with Gasteiger partial charge in [0.1, 0.15) is 0 Å². The standard InChI is InChI=1S/C15H15N3O3S3/c1-2-18-12-6-5-10(24(16,20)21)8-11(12)17-15(18)23-9-13(19)14-4-3-7-22-14/h3-8H,2,9H2,1H3,(H2,16,20,21). The van der Waals surface area contributed by atoms with Crippen LogP contribution in [0.4, 0.5) is 0 Å². The Hall–Kier alpha value is -1.68. The Bertz CT molecular complexity index is 992. The highest BCUT2D eigenvalue weighted by Gasteiger charge is 2.16. The van der Waals surface area contributed by atoms with E-state index in [1.807, 2.05) is 22.9 Å². The largest absolute Gasteiger partial charge is 0.319 e. The van der Waals surface area contributed by atoms with Crippen LogP contribution in [0.25, 0.3) is 11.0 Å². The minimum Gasteiger partial charge on any atom is -0.319 e. The number of nitrogens with two attached hydrogens (primary N) is 1. The molecule has 0 saturated heterocycles.